The lowest BCUT2D eigenvalue weighted by atomic mass is 10.3. The highest BCUT2D eigenvalue weighted by Crippen LogP contribution is 2.21. The molecule has 0 aromatic carbocycles. The normalized spacial score (nSPS) is 12.2. The third kappa shape index (κ3) is 3.07. The minimum atomic E-state index is 0.186. The van der Waals surface area contributed by atoms with E-state index in [1.54, 1.807) is 6.20 Å². The maximum absolute atomic E-state index is 5.70. The Morgan fingerprint density at radius 3 is 3.07 bits per heavy atom. The number of nitrogens with one attached hydrogen (secondary N) is 1. The van der Waals surface area contributed by atoms with Crippen LogP contribution >= 0.6 is 11.6 Å². The second-order valence-corrected chi connectivity index (χ2v) is 3.29. The average Bonchev–Trinajstić information content (AvgIpc) is 2.21. The summed E-state index contributed by atoms with van der Waals surface area (Å²) in [6.07, 6.45) is 1.73. The van der Waals surface area contributed by atoms with Gasteiger partial charge in [0.2, 0.25) is 0 Å². The van der Waals surface area contributed by atoms with Crippen LogP contribution in [0.5, 0.6) is 5.75 Å². The molecule has 0 aliphatic heterocycles. The quantitative estimate of drug-likeness (QED) is 0.765. The Kier molecular flexibility index (Phi) is 4.53. The molecule has 1 rings (SSSR count). The zero-order chi connectivity index (χ0) is 10.4. The SMILES string of the molecule is CCOc1cccnc1NC(C)CCl. The number of anilines is 1. The van der Waals surface area contributed by atoms with E-state index in [9.17, 15) is 0 Å². The van der Waals surface area contributed by atoms with Crippen LogP contribution in [-0.2, 0) is 0 Å². The number of alkyl halides is 1. The van der Waals surface area contributed by atoms with Crippen molar-refractivity contribution in [2.75, 3.05) is 17.8 Å². The Balaban J connectivity index is 2.73. The molecule has 0 spiro atoms. The van der Waals surface area contributed by atoms with Gasteiger partial charge in [-0.15, -0.1) is 11.6 Å². The smallest absolute Gasteiger partial charge is 0.168 e. The number of hydrogen-bond donors (Lipinski definition) is 1. The van der Waals surface area contributed by atoms with Crippen molar-refractivity contribution in [1.29, 1.82) is 0 Å². The summed E-state index contributed by atoms with van der Waals surface area (Å²) in [5.41, 5.74) is 0. The summed E-state index contributed by atoms with van der Waals surface area (Å²) in [5.74, 6) is 2.07. The highest BCUT2D eigenvalue weighted by molar-refractivity contribution is 6.18. The molecule has 1 aromatic heterocycles. The first-order valence-electron chi connectivity index (χ1n) is 4.68. The Bertz CT molecular complexity index is 281. The molecule has 0 fully saturated rings. The van der Waals surface area contributed by atoms with Gasteiger partial charge in [-0.25, -0.2) is 4.98 Å². The molecule has 0 radical (unpaired) electrons. The van der Waals surface area contributed by atoms with Crippen molar-refractivity contribution in [3.8, 4) is 5.75 Å². The molecule has 0 saturated heterocycles. The fourth-order valence-electron chi connectivity index (χ4n) is 1.04. The molecule has 0 bridgehead atoms. The highest BCUT2D eigenvalue weighted by atomic mass is 35.5. The van der Waals surface area contributed by atoms with Crippen molar-refractivity contribution in [3.05, 3.63) is 18.3 Å². The van der Waals surface area contributed by atoms with Crippen molar-refractivity contribution in [1.82, 2.24) is 4.98 Å². The van der Waals surface area contributed by atoms with Crippen molar-refractivity contribution in [2.45, 2.75) is 19.9 Å². The summed E-state index contributed by atoms with van der Waals surface area (Å²) in [4.78, 5) is 4.19. The molecular formula is C10H15ClN2O. The number of halogens is 1. The lowest BCUT2D eigenvalue weighted by Crippen LogP contribution is -2.18. The Morgan fingerprint density at radius 2 is 2.43 bits per heavy atom. The minimum absolute atomic E-state index is 0.186. The van der Waals surface area contributed by atoms with Crippen molar-refractivity contribution in [3.63, 3.8) is 0 Å². The molecule has 0 aliphatic carbocycles. The fraction of sp³-hybridized carbons (Fsp3) is 0.500. The van der Waals surface area contributed by atoms with Gasteiger partial charge in [0.1, 0.15) is 0 Å². The lowest BCUT2D eigenvalue weighted by molar-refractivity contribution is 0.340. The maximum atomic E-state index is 5.70. The van der Waals surface area contributed by atoms with Gasteiger partial charge < -0.3 is 10.1 Å². The molecule has 14 heavy (non-hydrogen) atoms. The number of nitrogens with zero attached hydrogens (tertiary/aromatic N) is 1. The predicted molar refractivity (Wildman–Crippen MR) is 59.2 cm³/mol. The Labute approximate surface area is 89.4 Å². The number of aromatic nitrogens is 1. The Morgan fingerprint density at radius 1 is 1.64 bits per heavy atom. The topological polar surface area (TPSA) is 34.1 Å². The molecule has 1 heterocycles. The Hall–Kier alpha value is -0.960. The van der Waals surface area contributed by atoms with Crippen molar-refractivity contribution in [2.24, 2.45) is 0 Å². The molecule has 3 nitrogen and oxygen atoms in total. The summed E-state index contributed by atoms with van der Waals surface area (Å²) in [6, 6.07) is 3.92. The molecule has 1 N–H and O–H groups in total. The van der Waals surface area contributed by atoms with Gasteiger partial charge in [0.15, 0.2) is 11.6 Å². The summed E-state index contributed by atoms with van der Waals surface area (Å²) < 4.78 is 5.41. The number of pyridine rings is 1. The van der Waals surface area contributed by atoms with Gasteiger partial charge in [0.05, 0.1) is 6.61 Å². The van der Waals surface area contributed by atoms with Crippen LogP contribution in [0.2, 0.25) is 0 Å². The van der Waals surface area contributed by atoms with Crippen LogP contribution in [-0.4, -0.2) is 23.5 Å². The molecule has 0 saturated carbocycles. The summed E-state index contributed by atoms with van der Waals surface area (Å²) in [7, 11) is 0. The van der Waals surface area contributed by atoms with Gasteiger partial charge in [-0.1, -0.05) is 0 Å². The van der Waals surface area contributed by atoms with Gasteiger partial charge in [-0.3, -0.25) is 0 Å². The number of rotatable bonds is 5. The van der Waals surface area contributed by atoms with Crippen LogP contribution in [0.15, 0.2) is 18.3 Å². The van der Waals surface area contributed by atoms with E-state index in [4.69, 9.17) is 16.3 Å². The third-order valence-electron chi connectivity index (χ3n) is 1.69. The first-order chi connectivity index (χ1) is 6.77. The molecule has 1 aromatic rings. The average molecular weight is 215 g/mol. The molecular weight excluding hydrogens is 200 g/mol. The van der Waals surface area contributed by atoms with E-state index in [0.717, 1.165) is 11.6 Å². The van der Waals surface area contributed by atoms with Crippen LogP contribution in [0.25, 0.3) is 0 Å². The third-order valence-corrected chi connectivity index (χ3v) is 2.15. The number of ether oxygens (including phenoxy) is 1. The summed E-state index contributed by atoms with van der Waals surface area (Å²) in [5, 5.41) is 3.18. The summed E-state index contributed by atoms with van der Waals surface area (Å²) in [6.45, 7) is 4.58. The molecule has 1 atom stereocenters. The minimum Gasteiger partial charge on any atom is -0.490 e. The van der Waals surface area contributed by atoms with Crippen LogP contribution in [0.4, 0.5) is 5.82 Å². The zero-order valence-electron chi connectivity index (χ0n) is 8.46. The predicted octanol–water partition coefficient (Wildman–Crippen LogP) is 2.52. The molecule has 78 valence electrons. The van der Waals surface area contributed by atoms with Crippen LogP contribution in [0.3, 0.4) is 0 Å². The highest BCUT2D eigenvalue weighted by Gasteiger charge is 2.06. The van der Waals surface area contributed by atoms with Crippen molar-refractivity contribution >= 4 is 17.4 Å². The van der Waals surface area contributed by atoms with Gasteiger partial charge >= 0.3 is 0 Å². The zero-order valence-corrected chi connectivity index (χ0v) is 9.21. The molecule has 4 heteroatoms. The van der Waals surface area contributed by atoms with Crippen LogP contribution in [0.1, 0.15) is 13.8 Å². The van der Waals surface area contributed by atoms with Gasteiger partial charge in [-0.05, 0) is 26.0 Å². The van der Waals surface area contributed by atoms with E-state index < -0.39 is 0 Å². The monoisotopic (exact) mass is 214 g/mol. The van der Waals surface area contributed by atoms with Gasteiger partial charge in [0.25, 0.3) is 0 Å². The first kappa shape index (κ1) is 11.1. The van der Waals surface area contributed by atoms with E-state index in [2.05, 4.69) is 10.3 Å². The van der Waals surface area contributed by atoms with E-state index >= 15 is 0 Å². The standard InChI is InChI=1S/C10H15ClN2O/c1-3-14-9-5-4-6-12-10(9)13-8(2)7-11/h4-6,8H,3,7H2,1-2H3,(H,12,13). The largest absolute Gasteiger partial charge is 0.490 e. The van der Waals surface area contributed by atoms with Crippen LogP contribution < -0.4 is 10.1 Å². The molecule has 0 amide bonds. The fourth-order valence-corrected chi connectivity index (χ4v) is 1.12. The maximum Gasteiger partial charge on any atom is 0.168 e. The van der Waals surface area contributed by atoms with Gasteiger partial charge in [0, 0.05) is 18.1 Å². The first-order valence-corrected chi connectivity index (χ1v) is 5.21. The van der Waals surface area contributed by atoms with Crippen molar-refractivity contribution < 1.29 is 4.74 Å². The van der Waals surface area contributed by atoms with E-state index in [-0.39, 0.29) is 6.04 Å². The van der Waals surface area contributed by atoms with E-state index in [0.29, 0.717) is 12.5 Å². The molecule has 0 aliphatic rings. The second kappa shape index (κ2) is 5.70. The summed E-state index contributed by atoms with van der Waals surface area (Å²) >= 11 is 5.70. The number of hydrogen-bond acceptors (Lipinski definition) is 3. The lowest BCUT2D eigenvalue weighted by Gasteiger charge is -2.14. The van der Waals surface area contributed by atoms with Gasteiger partial charge in [-0.2, -0.15) is 0 Å². The molecule has 1 unspecified atom stereocenters. The van der Waals surface area contributed by atoms with E-state index in [1.807, 2.05) is 26.0 Å². The second-order valence-electron chi connectivity index (χ2n) is 2.98. The van der Waals surface area contributed by atoms with Crippen LogP contribution in [0, 0.1) is 0 Å². The van der Waals surface area contributed by atoms with E-state index in [1.165, 1.54) is 0 Å².